The minimum absolute atomic E-state index is 0.0386. The lowest BCUT2D eigenvalue weighted by atomic mass is 10.0. The molecule has 0 bridgehead atoms. The van der Waals surface area contributed by atoms with Gasteiger partial charge in [-0.1, -0.05) is 23.8 Å². The maximum atomic E-state index is 12.8. The van der Waals surface area contributed by atoms with E-state index in [1.807, 2.05) is 32.0 Å². The van der Waals surface area contributed by atoms with Gasteiger partial charge in [-0.25, -0.2) is 9.36 Å². The summed E-state index contributed by atoms with van der Waals surface area (Å²) in [6, 6.07) is 5.93. The molecular formula is C16H21N3O3. The highest BCUT2D eigenvalue weighted by Crippen LogP contribution is 2.30. The molecule has 0 saturated carbocycles. The van der Waals surface area contributed by atoms with Gasteiger partial charge in [0.25, 0.3) is 5.56 Å². The van der Waals surface area contributed by atoms with E-state index in [2.05, 4.69) is 0 Å². The molecule has 0 aliphatic carbocycles. The van der Waals surface area contributed by atoms with E-state index in [4.69, 9.17) is 4.84 Å². The van der Waals surface area contributed by atoms with Crippen molar-refractivity contribution in [2.75, 3.05) is 20.2 Å². The van der Waals surface area contributed by atoms with Crippen molar-refractivity contribution in [1.29, 1.82) is 0 Å². The Morgan fingerprint density at radius 3 is 2.45 bits per heavy atom. The van der Waals surface area contributed by atoms with Gasteiger partial charge in [-0.15, -0.1) is 0 Å². The molecule has 1 aromatic carbocycles. The van der Waals surface area contributed by atoms with Gasteiger partial charge in [-0.3, -0.25) is 4.79 Å². The first-order valence-corrected chi connectivity index (χ1v) is 7.42. The molecule has 1 aliphatic rings. The van der Waals surface area contributed by atoms with Crippen molar-refractivity contribution in [3.05, 3.63) is 39.7 Å². The average molecular weight is 303 g/mol. The highest BCUT2D eigenvalue weighted by atomic mass is 16.7. The standard InChI is InChI=1S/C16H21N3O3/c1-11-4-5-12(2)13(10-11)14-15(20)18-8-6-17(22-3)7-9-19(18)16(14)21/h4-5,10,20H,6-9H2,1-3H3. The Labute approximate surface area is 129 Å². The number of hydrogen-bond donors (Lipinski definition) is 1. The summed E-state index contributed by atoms with van der Waals surface area (Å²) in [5, 5.41) is 12.4. The third-order valence-electron chi connectivity index (χ3n) is 4.25. The van der Waals surface area contributed by atoms with Gasteiger partial charge in [0.15, 0.2) is 0 Å². The number of aryl methyl sites for hydroxylation is 2. The van der Waals surface area contributed by atoms with Crippen LogP contribution in [0.15, 0.2) is 23.0 Å². The fourth-order valence-electron chi connectivity index (χ4n) is 2.97. The van der Waals surface area contributed by atoms with Gasteiger partial charge in [0.2, 0.25) is 5.88 Å². The molecule has 6 nitrogen and oxygen atoms in total. The summed E-state index contributed by atoms with van der Waals surface area (Å²) in [6.45, 7) is 6.18. The molecule has 3 rings (SSSR count). The molecular weight excluding hydrogens is 282 g/mol. The van der Waals surface area contributed by atoms with E-state index < -0.39 is 0 Å². The number of hydroxylamine groups is 2. The maximum absolute atomic E-state index is 12.8. The van der Waals surface area contributed by atoms with Crippen LogP contribution in [0.5, 0.6) is 5.88 Å². The van der Waals surface area contributed by atoms with Gasteiger partial charge in [0.1, 0.15) is 5.56 Å². The zero-order valence-electron chi connectivity index (χ0n) is 13.2. The molecule has 1 N–H and O–H groups in total. The van der Waals surface area contributed by atoms with Crippen molar-refractivity contribution in [2.45, 2.75) is 26.9 Å². The Morgan fingerprint density at radius 2 is 1.77 bits per heavy atom. The van der Waals surface area contributed by atoms with Crippen molar-refractivity contribution in [3.63, 3.8) is 0 Å². The smallest absolute Gasteiger partial charge is 0.278 e. The van der Waals surface area contributed by atoms with E-state index in [9.17, 15) is 9.90 Å². The second kappa shape index (κ2) is 5.62. The molecule has 1 aliphatic heterocycles. The molecule has 2 heterocycles. The number of aromatic nitrogens is 2. The van der Waals surface area contributed by atoms with E-state index in [0.29, 0.717) is 31.7 Å². The molecule has 0 unspecified atom stereocenters. The molecule has 1 aromatic heterocycles. The molecule has 2 aromatic rings. The van der Waals surface area contributed by atoms with Gasteiger partial charge in [0.05, 0.1) is 20.2 Å². The van der Waals surface area contributed by atoms with E-state index in [0.717, 1.165) is 16.7 Å². The fourth-order valence-corrected chi connectivity index (χ4v) is 2.97. The summed E-state index contributed by atoms with van der Waals surface area (Å²) in [7, 11) is 1.62. The molecule has 22 heavy (non-hydrogen) atoms. The quantitative estimate of drug-likeness (QED) is 0.914. The normalized spacial score (nSPS) is 15.6. The first-order chi connectivity index (χ1) is 10.5. The van der Waals surface area contributed by atoms with E-state index in [1.54, 1.807) is 21.5 Å². The highest BCUT2D eigenvalue weighted by molar-refractivity contribution is 5.71. The van der Waals surface area contributed by atoms with Crippen molar-refractivity contribution in [3.8, 4) is 17.0 Å². The molecule has 118 valence electrons. The first-order valence-electron chi connectivity index (χ1n) is 7.42. The van der Waals surface area contributed by atoms with Gasteiger partial charge in [0, 0.05) is 13.1 Å². The van der Waals surface area contributed by atoms with Crippen LogP contribution in [0.25, 0.3) is 11.1 Å². The van der Waals surface area contributed by atoms with E-state index in [-0.39, 0.29) is 11.4 Å². The minimum atomic E-state index is -0.149. The number of benzene rings is 1. The predicted octanol–water partition coefficient (Wildman–Crippen LogP) is 1.52. The van der Waals surface area contributed by atoms with Crippen molar-refractivity contribution in [2.24, 2.45) is 0 Å². The van der Waals surface area contributed by atoms with Crippen LogP contribution in [0.4, 0.5) is 0 Å². The Bertz CT molecular complexity index is 761. The SMILES string of the molecule is CON1CCn2c(O)c(-c3cc(C)ccc3C)c(=O)n2CC1. The monoisotopic (exact) mass is 303 g/mol. The number of hydrogen-bond acceptors (Lipinski definition) is 4. The molecule has 0 spiro atoms. The van der Waals surface area contributed by atoms with Crippen LogP contribution in [0, 0.1) is 13.8 Å². The largest absolute Gasteiger partial charge is 0.493 e. The molecule has 0 atom stereocenters. The summed E-state index contributed by atoms with van der Waals surface area (Å²) in [5.74, 6) is 0.0386. The Kier molecular flexibility index (Phi) is 3.80. The number of fused-ring (bicyclic) bond motifs is 1. The predicted molar refractivity (Wildman–Crippen MR) is 83.8 cm³/mol. The second-order valence-corrected chi connectivity index (χ2v) is 5.68. The lowest BCUT2D eigenvalue weighted by Gasteiger charge is -2.15. The van der Waals surface area contributed by atoms with Gasteiger partial charge in [-0.05, 0) is 25.0 Å². The molecule has 6 heteroatoms. The van der Waals surface area contributed by atoms with Crippen LogP contribution >= 0.6 is 0 Å². The fraction of sp³-hybridized carbons (Fsp3) is 0.438. The zero-order chi connectivity index (χ0) is 15.9. The van der Waals surface area contributed by atoms with Crippen molar-refractivity contribution in [1.82, 2.24) is 14.4 Å². The number of nitrogens with zero attached hydrogens (tertiary/aromatic N) is 3. The van der Waals surface area contributed by atoms with Crippen molar-refractivity contribution >= 4 is 0 Å². The number of aromatic hydroxyl groups is 1. The minimum Gasteiger partial charge on any atom is -0.493 e. The topological polar surface area (TPSA) is 59.6 Å². The third-order valence-corrected chi connectivity index (χ3v) is 4.25. The third kappa shape index (κ3) is 2.34. The van der Waals surface area contributed by atoms with Crippen LogP contribution in [0.2, 0.25) is 0 Å². The van der Waals surface area contributed by atoms with Gasteiger partial charge >= 0.3 is 0 Å². The van der Waals surface area contributed by atoms with Crippen molar-refractivity contribution < 1.29 is 9.94 Å². The summed E-state index contributed by atoms with van der Waals surface area (Å²) in [5.41, 5.74) is 3.10. The van der Waals surface area contributed by atoms with Gasteiger partial charge < -0.3 is 9.94 Å². The summed E-state index contributed by atoms with van der Waals surface area (Å²) >= 11 is 0. The first kappa shape index (κ1) is 14.9. The van der Waals surface area contributed by atoms with Crippen LogP contribution in [-0.4, -0.2) is 39.7 Å². The van der Waals surface area contributed by atoms with E-state index in [1.165, 1.54) is 0 Å². The van der Waals surface area contributed by atoms with Crippen LogP contribution < -0.4 is 5.56 Å². The maximum Gasteiger partial charge on any atom is 0.278 e. The van der Waals surface area contributed by atoms with E-state index >= 15 is 0 Å². The average Bonchev–Trinajstić information content (AvgIpc) is 2.67. The Balaban J connectivity index is 2.13. The lowest BCUT2D eigenvalue weighted by molar-refractivity contribution is -0.130. The highest BCUT2D eigenvalue weighted by Gasteiger charge is 2.24. The summed E-state index contributed by atoms with van der Waals surface area (Å²) in [4.78, 5) is 18.0. The Morgan fingerprint density at radius 1 is 1.09 bits per heavy atom. The summed E-state index contributed by atoms with van der Waals surface area (Å²) in [6.07, 6.45) is 0. The van der Waals surface area contributed by atoms with Crippen LogP contribution in [0.3, 0.4) is 0 Å². The number of rotatable bonds is 2. The van der Waals surface area contributed by atoms with Crippen LogP contribution in [-0.2, 0) is 17.9 Å². The lowest BCUT2D eigenvalue weighted by Crippen LogP contribution is -2.27. The molecule has 0 saturated heterocycles. The van der Waals surface area contributed by atoms with Crippen LogP contribution in [0.1, 0.15) is 11.1 Å². The molecule has 0 amide bonds. The molecule has 0 radical (unpaired) electrons. The Hall–Kier alpha value is -2.05. The zero-order valence-corrected chi connectivity index (χ0v) is 13.2. The summed E-state index contributed by atoms with van der Waals surface area (Å²) < 4.78 is 3.25. The van der Waals surface area contributed by atoms with Gasteiger partial charge in [-0.2, -0.15) is 5.06 Å². The molecule has 0 fully saturated rings. The second-order valence-electron chi connectivity index (χ2n) is 5.68.